The summed E-state index contributed by atoms with van der Waals surface area (Å²) in [7, 11) is 0. The molecule has 0 aromatic heterocycles. The predicted octanol–water partition coefficient (Wildman–Crippen LogP) is 2.67. The van der Waals surface area contributed by atoms with Gasteiger partial charge >= 0.3 is 5.97 Å². The van der Waals surface area contributed by atoms with E-state index < -0.39 is 5.97 Å². The Hall–Kier alpha value is -2.37. The highest BCUT2D eigenvalue weighted by Gasteiger charge is 2.18. The number of carbonyl (C=O) groups excluding carboxylic acids is 2. The van der Waals surface area contributed by atoms with Gasteiger partial charge < -0.3 is 15.7 Å². The molecule has 1 saturated carbocycles. The summed E-state index contributed by atoms with van der Waals surface area (Å²) in [4.78, 5) is 35.1. The van der Waals surface area contributed by atoms with Crippen LogP contribution in [0.5, 0.6) is 0 Å². The van der Waals surface area contributed by atoms with Crippen LogP contribution in [0.2, 0.25) is 0 Å². The third-order valence-electron chi connectivity index (χ3n) is 5.04. The van der Waals surface area contributed by atoms with Crippen LogP contribution in [-0.2, 0) is 20.8 Å². The smallest absolute Gasteiger partial charge is 0.303 e. The van der Waals surface area contributed by atoms with E-state index in [0.29, 0.717) is 25.2 Å². The lowest BCUT2D eigenvalue weighted by Crippen LogP contribution is -2.43. The lowest BCUT2D eigenvalue weighted by atomic mass is 9.87. The van der Waals surface area contributed by atoms with Crippen molar-refractivity contribution >= 4 is 17.8 Å². The van der Waals surface area contributed by atoms with E-state index in [1.807, 2.05) is 30.3 Å². The van der Waals surface area contributed by atoms with Crippen LogP contribution in [-0.4, -0.2) is 35.5 Å². The van der Waals surface area contributed by atoms with Gasteiger partial charge in [-0.1, -0.05) is 49.6 Å². The number of nitrogens with one attached hydrogen (secondary N) is 2. The van der Waals surface area contributed by atoms with Crippen LogP contribution in [0.3, 0.4) is 0 Å². The molecule has 3 N–H and O–H groups in total. The highest BCUT2D eigenvalue weighted by atomic mass is 16.4. The number of carboxylic acids is 1. The minimum absolute atomic E-state index is 0.00812. The van der Waals surface area contributed by atoms with Crippen molar-refractivity contribution in [3.8, 4) is 0 Å². The number of carboxylic acid groups (broad SMARTS) is 1. The second-order valence-corrected chi connectivity index (χ2v) is 7.37. The molecular weight excluding hydrogens is 344 g/mol. The first-order chi connectivity index (χ1) is 13.0. The molecule has 2 amide bonds. The summed E-state index contributed by atoms with van der Waals surface area (Å²) in [6, 6.07) is 9.37. The van der Waals surface area contributed by atoms with Crippen molar-refractivity contribution < 1.29 is 19.5 Å². The average molecular weight is 374 g/mol. The van der Waals surface area contributed by atoms with Crippen molar-refractivity contribution in [2.75, 3.05) is 6.54 Å². The van der Waals surface area contributed by atoms with Gasteiger partial charge in [-0.3, -0.25) is 14.4 Å². The van der Waals surface area contributed by atoms with Gasteiger partial charge in [0.1, 0.15) is 0 Å². The lowest BCUT2D eigenvalue weighted by molar-refractivity contribution is -0.137. The Bertz CT molecular complexity index is 612. The van der Waals surface area contributed by atoms with Crippen LogP contribution in [0.25, 0.3) is 0 Å². The first kappa shape index (κ1) is 20.9. The van der Waals surface area contributed by atoms with E-state index in [2.05, 4.69) is 10.6 Å². The van der Waals surface area contributed by atoms with Gasteiger partial charge in [0.15, 0.2) is 0 Å². The summed E-state index contributed by atoms with van der Waals surface area (Å²) in [6.07, 6.45) is 7.20. The van der Waals surface area contributed by atoms with E-state index in [1.54, 1.807) is 0 Å². The fraction of sp³-hybridized carbons (Fsp3) is 0.571. The Morgan fingerprint density at radius 2 is 1.74 bits per heavy atom. The van der Waals surface area contributed by atoms with E-state index in [-0.39, 0.29) is 30.8 Å². The minimum Gasteiger partial charge on any atom is -0.481 e. The number of benzene rings is 1. The van der Waals surface area contributed by atoms with Crippen LogP contribution < -0.4 is 10.6 Å². The monoisotopic (exact) mass is 374 g/mol. The molecule has 0 spiro atoms. The second kappa shape index (κ2) is 11.4. The summed E-state index contributed by atoms with van der Waals surface area (Å²) in [6.45, 7) is -0.0656. The van der Waals surface area contributed by atoms with Crippen LogP contribution >= 0.6 is 0 Å². The van der Waals surface area contributed by atoms with Gasteiger partial charge in [0.2, 0.25) is 11.8 Å². The molecule has 0 aliphatic heterocycles. The molecule has 2 rings (SSSR count). The van der Waals surface area contributed by atoms with Crippen molar-refractivity contribution in [3.05, 3.63) is 35.9 Å². The zero-order valence-electron chi connectivity index (χ0n) is 15.8. The number of hydrogen-bond donors (Lipinski definition) is 3. The van der Waals surface area contributed by atoms with Crippen molar-refractivity contribution in [1.82, 2.24) is 10.6 Å². The zero-order chi connectivity index (χ0) is 19.5. The standard InChI is InChI=1S/C21H30N2O4/c24-19(14-17-9-5-2-6-10-17)22-15-20(25)23-18(11-12-21(26)27)13-16-7-3-1-4-8-16/h1,3-4,7-8,17-18H,2,5-6,9-15H2,(H,22,24)(H,23,25)(H,26,27). The van der Waals surface area contributed by atoms with Gasteiger partial charge in [-0.2, -0.15) is 0 Å². The Kier molecular flexibility index (Phi) is 8.81. The largest absolute Gasteiger partial charge is 0.481 e. The van der Waals surface area contributed by atoms with Crippen LogP contribution in [0, 0.1) is 5.92 Å². The maximum Gasteiger partial charge on any atom is 0.303 e. The van der Waals surface area contributed by atoms with Gasteiger partial charge in [-0.25, -0.2) is 0 Å². The molecule has 6 heteroatoms. The molecule has 1 fully saturated rings. The highest BCUT2D eigenvalue weighted by molar-refractivity contribution is 5.84. The molecule has 1 aromatic rings. The molecule has 1 aromatic carbocycles. The fourth-order valence-corrected chi connectivity index (χ4v) is 3.60. The summed E-state index contributed by atoms with van der Waals surface area (Å²) in [5.74, 6) is -0.813. The van der Waals surface area contributed by atoms with Gasteiger partial charge in [0.25, 0.3) is 0 Å². The fourth-order valence-electron chi connectivity index (χ4n) is 3.60. The first-order valence-corrected chi connectivity index (χ1v) is 9.84. The molecule has 6 nitrogen and oxygen atoms in total. The second-order valence-electron chi connectivity index (χ2n) is 7.37. The molecule has 148 valence electrons. The SMILES string of the molecule is O=C(O)CCC(Cc1ccccc1)NC(=O)CNC(=O)CC1CCCCC1. The summed E-state index contributed by atoms with van der Waals surface area (Å²) in [5.41, 5.74) is 1.04. The van der Waals surface area contributed by atoms with Crippen LogP contribution in [0.15, 0.2) is 30.3 Å². The molecule has 1 unspecified atom stereocenters. The molecule has 0 saturated heterocycles. The van der Waals surface area contributed by atoms with Crippen molar-refractivity contribution in [1.29, 1.82) is 0 Å². The maximum atomic E-state index is 12.2. The lowest BCUT2D eigenvalue weighted by Gasteiger charge is -2.21. The number of rotatable bonds is 10. The Labute approximate surface area is 160 Å². The topological polar surface area (TPSA) is 95.5 Å². The quantitative estimate of drug-likeness (QED) is 0.587. The third-order valence-corrected chi connectivity index (χ3v) is 5.04. The molecule has 27 heavy (non-hydrogen) atoms. The number of carbonyl (C=O) groups is 3. The third kappa shape index (κ3) is 8.71. The van der Waals surface area contributed by atoms with Crippen LogP contribution in [0.1, 0.15) is 56.9 Å². The van der Waals surface area contributed by atoms with Gasteiger partial charge in [-0.05, 0) is 37.2 Å². The van der Waals surface area contributed by atoms with Gasteiger partial charge in [-0.15, -0.1) is 0 Å². The molecule has 1 atom stereocenters. The van der Waals surface area contributed by atoms with Crippen molar-refractivity contribution in [2.45, 2.75) is 63.8 Å². The molecular formula is C21H30N2O4. The van der Waals surface area contributed by atoms with Gasteiger partial charge in [0.05, 0.1) is 6.54 Å². The molecule has 0 radical (unpaired) electrons. The summed E-state index contributed by atoms with van der Waals surface area (Å²) in [5, 5.41) is 14.5. The van der Waals surface area contributed by atoms with Gasteiger partial charge in [0, 0.05) is 18.9 Å². The normalized spacial score (nSPS) is 15.7. The van der Waals surface area contributed by atoms with Crippen molar-refractivity contribution in [3.63, 3.8) is 0 Å². The molecule has 0 bridgehead atoms. The first-order valence-electron chi connectivity index (χ1n) is 9.84. The zero-order valence-corrected chi connectivity index (χ0v) is 15.8. The van der Waals surface area contributed by atoms with E-state index in [0.717, 1.165) is 18.4 Å². The Morgan fingerprint density at radius 1 is 1.04 bits per heavy atom. The maximum absolute atomic E-state index is 12.2. The summed E-state index contributed by atoms with van der Waals surface area (Å²) < 4.78 is 0. The Balaban J connectivity index is 1.77. The van der Waals surface area contributed by atoms with E-state index in [9.17, 15) is 14.4 Å². The van der Waals surface area contributed by atoms with E-state index in [1.165, 1.54) is 19.3 Å². The summed E-state index contributed by atoms with van der Waals surface area (Å²) >= 11 is 0. The van der Waals surface area contributed by atoms with E-state index >= 15 is 0 Å². The number of amides is 2. The number of aliphatic carboxylic acids is 1. The highest BCUT2D eigenvalue weighted by Crippen LogP contribution is 2.25. The molecule has 0 heterocycles. The minimum atomic E-state index is -0.886. The predicted molar refractivity (Wildman–Crippen MR) is 103 cm³/mol. The number of hydrogen-bond acceptors (Lipinski definition) is 3. The van der Waals surface area contributed by atoms with E-state index in [4.69, 9.17) is 5.11 Å². The van der Waals surface area contributed by atoms with Crippen LogP contribution in [0.4, 0.5) is 0 Å². The molecule has 1 aliphatic rings. The molecule has 1 aliphatic carbocycles. The average Bonchev–Trinajstić information content (AvgIpc) is 2.66. The van der Waals surface area contributed by atoms with Crippen molar-refractivity contribution in [2.24, 2.45) is 5.92 Å². The Morgan fingerprint density at radius 3 is 2.41 bits per heavy atom.